The molecule has 1 fully saturated rings. The molecule has 3 atom stereocenters. The first-order chi connectivity index (χ1) is 9.11. The van der Waals surface area contributed by atoms with Crippen molar-refractivity contribution in [3.05, 3.63) is 34.3 Å². The summed E-state index contributed by atoms with van der Waals surface area (Å²) in [5, 5.41) is 0. The summed E-state index contributed by atoms with van der Waals surface area (Å²) < 4.78 is 1.20. The van der Waals surface area contributed by atoms with Crippen LogP contribution in [-0.4, -0.2) is 24.5 Å². The summed E-state index contributed by atoms with van der Waals surface area (Å²) in [6.45, 7) is 4.18. The van der Waals surface area contributed by atoms with E-state index in [2.05, 4.69) is 59.1 Å². The van der Waals surface area contributed by atoms with Crippen molar-refractivity contribution in [2.45, 2.75) is 38.8 Å². The third kappa shape index (κ3) is 3.80. The number of rotatable bonds is 4. The molecule has 0 heterocycles. The molecule has 2 nitrogen and oxygen atoms in total. The molecular formula is C16H25BrN2. The van der Waals surface area contributed by atoms with E-state index in [1.54, 1.807) is 0 Å². The quantitative estimate of drug-likeness (QED) is 0.916. The fourth-order valence-electron chi connectivity index (χ4n) is 3.24. The van der Waals surface area contributed by atoms with Crippen molar-refractivity contribution in [1.29, 1.82) is 0 Å². The van der Waals surface area contributed by atoms with Crippen LogP contribution in [0.2, 0.25) is 0 Å². The van der Waals surface area contributed by atoms with Gasteiger partial charge in [-0.15, -0.1) is 0 Å². The minimum Gasteiger partial charge on any atom is -0.330 e. The van der Waals surface area contributed by atoms with Gasteiger partial charge in [0.2, 0.25) is 0 Å². The van der Waals surface area contributed by atoms with Gasteiger partial charge in [-0.2, -0.15) is 0 Å². The highest BCUT2D eigenvalue weighted by molar-refractivity contribution is 9.10. The van der Waals surface area contributed by atoms with E-state index in [9.17, 15) is 0 Å². The maximum atomic E-state index is 5.96. The lowest BCUT2D eigenvalue weighted by Gasteiger charge is -2.40. The van der Waals surface area contributed by atoms with E-state index < -0.39 is 0 Å². The second-order valence-corrected chi connectivity index (χ2v) is 6.84. The molecule has 0 aromatic heterocycles. The average Bonchev–Trinajstić information content (AvgIpc) is 2.41. The first-order valence-electron chi connectivity index (χ1n) is 7.25. The predicted octanol–water partition coefficient (Wildman–Crippen LogP) is 3.64. The molecule has 0 aliphatic heterocycles. The molecule has 3 heteroatoms. The van der Waals surface area contributed by atoms with Gasteiger partial charge in [-0.3, -0.25) is 4.90 Å². The zero-order valence-electron chi connectivity index (χ0n) is 12.0. The van der Waals surface area contributed by atoms with Gasteiger partial charge in [-0.1, -0.05) is 47.5 Å². The van der Waals surface area contributed by atoms with Gasteiger partial charge < -0.3 is 5.73 Å². The first-order valence-corrected chi connectivity index (χ1v) is 8.04. The molecule has 0 radical (unpaired) electrons. The fraction of sp³-hybridized carbons (Fsp3) is 0.625. The summed E-state index contributed by atoms with van der Waals surface area (Å²) >= 11 is 3.64. The Labute approximate surface area is 125 Å². The lowest BCUT2D eigenvalue weighted by atomic mass is 9.78. The molecule has 1 aliphatic carbocycles. The number of hydrogen-bond donors (Lipinski definition) is 1. The van der Waals surface area contributed by atoms with Crippen molar-refractivity contribution in [1.82, 2.24) is 4.90 Å². The molecule has 0 bridgehead atoms. The molecule has 1 aromatic rings. The molecule has 19 heavy (non-hydrogen) atoms. The molecule has 0 saturated heterocycles. The Morgan fingerprint density at radius 1 is 1.32 bits per heavy atom. The van der Waals surface area contributed by atoms with Gasteiger partial charge in [0.25, 0.3) is 0 Å². The van der Waals surface area contributed by atoms with Crippen LogP contribution in [0.4, 0.5) is 0 Å². The minimum atomic E-state index is 0.626. The number of nitrogens with two attached hydrogens (primary N) is 1. The van der Waals surface area contributed by atoms with Crippen LogP contribution in [-0.2, 0) is 6.54 Å². The third-order valence-corrected chi connectivity index (χ3v) is 5.24. The number of halogens is 1. The van der Waals surface area contributed by atoms with Gasteiger partial charge in [-0.05, 0) is 49.9 Å². The summed E-state index contributed by atoms with van der Waals surface area (Å²) in [4.78, 5) is 2.49. The van der Waals surface area contributed by atoms with E-state index in [4.69, 9.17) is 5.73 Å². The summed E-state index contributed by atoms with van der Waals surface area (Å²) in [6.07, 6.45) is 3.90. The van der Waals surface area contributed by atoms with Gasteiger partial charge in [0.15, 0.2) is 0 Å². The topological polar surface area (TPSA) is 29.3 Å². The molecule has 0 amide bonds. The van der Waals surface area contributed by atoms with E-state index in [1.807, 2.05) is 0 Å². The summed E-state index contributed by atoms with van der Waals surface area (Å²) in [5.41, 5.74) is 7.32. The second kappa shape index (κ2) is 6.87. The highest BCUT2D eigenvalue weighted by atomic mass is 79.9. The molecule has 2 rings (SSSR count). The smallest absolute Gasteiger partial charge is 0.0244 e. The highest BCUT2D eigenvalue weighted by Gasteiger charge is 2.30. The Hall–Kier alpha value is -0.380. The monoisotopic (exact) mass is 324 g/mol. The lowest BCUT2D eigenvalue weighted by molar-refractivity contribution is 0.103. The Morgan fingerprint density at radius 2 is 2.05 bits per heavy atom. The normalized spacial score (nSPS) is 27.7. The average molecular weight is 325 g/mol. The number of nitrogens with zero attached hydrogens (tertiary/aromatic N) is 1. The van der Waals surface area contributed by atoms with Crippen LogP contribution in [0.5, 0.6) is 0 Å². The molecule has 106 valence electrons. The lowest BCUT2D eigenvalue weighted by Crippen LogP contribution is -2.44. The SMILES string of the molecule is CC1CCC(CN)C(N(C)Cc2ccccc2Br)C1. The van der Waals surface area contributed by atoms with E-state index >= 15 is 0 Å². The van der Waals surface area contributed by atoms with Crippen LogP contribution in [0.3, 0.4) is 0 Å². The Balaban J connectivity index is 2.05. The van der Waals surface area contributed by atoms with Crippen LogP contribution in [0.15, 0.2) is 28.7 Å². The van der Waals surface area contributed by atoms with Crippen molar-refractivity contribution in [2.24, 2.45) is 17.6 Å². The molecular weight excluding hydrogens is 300 g/mol. The van der Waals surface area contributed by atoms with Crippen LogP contribution in [0, 0.1) is 11.8 Å². The minimum absolute atomic E-state index is 0.626. The van der Waals surface area contributed by atoms with Crippen LogP contribution >= 0.6 is 15.9 Å². The number of hydrogen-bond acceptors (Lipinski definition) is 2. The van der Waals surface area contributed by atoms with Gasteiger partial charge in [0.05, 0.1) is 0 Å². The van der Waals surface area contributed by atoms with Gasteiger partial charge in [0, 0.05) is 17.1 Å². The maximum absolute atomic E-state index is 5.96. The Morgan fingerprint density at radius 3 is 2.74 bits per heavy atom. The van der Waals surface area contributed by atoms with Crippen molar-refractivity contribution in [3.63, 3.8) is 0 Å². The largest absolute Gasteiger partial charge is 0.330 e. The van der Waals surface area contributed by atoms with Gasteiger partial charge >= 0.3 is 0 Å². The van der Waals surface area contributed by atoms with Crippen LogP contribution in [0.25, 0.3) is 0 Å². The molecule has 2 N–H and O–H groups in total. The fourth-order valence-corrected chi connectivity index (χ4v) is 3.65. The molecule has 1 saturated carbocycles. The predicted molar refractivity (Wildman–Crippen MR) is 85.0 cm³/mol. The van der Waals surface area contributed by atoms with Crippen molar-refractivity contribution in [2.75, 3.05) is 13.6 Å². The van der Waals surface area contributed by atoms with Crippen molar-refractivity contribution < 1.29 is 0 Å². The second-order valence-electron chi connectivity index (χ2n) is 5.99. The Bertz CT molecular complexity index is 407. The third-order valence-electron chi connectivity index (χ3n) is 4.46. The molecule has 0 spiro atoms. The first kappa shape index (κ1) is 15.0. The van der Waals surface area contributed by atoms with Crippen LogP contribution < -0.4 is 5.73 Å². The zero-order chi connectivity index (χ0) is 13.8. The van der Waals surface area contributed by atoms with E-state index in [-0.39, 0.29) is 0 Å². The van der Waals surface area contributed by atoms with E-state index in [1.165, 1.54) is 29.3 Å². The molecule has 1 aliphatic rings. The maximum Gasteiger partial charge on any atom is 0.0244 e. The summed E-state index contributed by atoms with van der Waals surface area (Å²) in [7, 11) is 2.24. The molecule has 1 aromatic carbocycles. The molecule has 3 unspecified atom stereocenters. The summed E-state index contributed by atoms with van der Waals surface area (Å²) in [6, 6.07) is 9.12. The van der Waals surface area contributed by atoms with E-state index in [0.717, 1.165) is 19.0 Å². The Kier molecular flexibility index (Phi) is 5.43. The van der Waals surface area contributed by atoms with Crippen LogP contribution in [0.1, 0.15) is 31.7 Å². The highest BCUT2D eigenvalue weighted by Crippen LogP contribution is 2.32. The number of benzene rings is 1. The van der Waals surface area contributed by atoms with E-state index in [0.29, 0.717) is 12.0 Å². The van der Waals surface area contributed by atoms with Gasteiger partial charge in [-0.25, -0.2) is 0 Å². The zero-order valence-corrected chi connectivity index (χ0v) is 13.6. The van der Waals surface area contributed by atoms with Gasteiger partial charge in [0.1, 0.15) is 0 Å². The summed E-state index contributed by atoms with van der Waals surface area (Å²) in [5.74, 6) is 1.48. The van der Waals surface area contributed by atoms with Crippen molar-refractivity contribution >= 4 is 15.9 Å². The standard InChI is InChI=1S/C16H25BrN2/c1-12-7-8-13(10-18)16(9-12)19(2)11-14-5-3-4-6-15(14)17/h3-6,12-13,16H,7-11,18H2,1-2H3. The van der Waals surface area contributed by atoms with Crippen molar-refractivity contribution in [3.8, 4) is 0 Å².